The number of hydrogen-bond acceptors (Lipinski definition) is 6. The molecule has 0 amide bonds. The van der Waals surface area contributed by atoms with Crippen LogP contribution in [0.1, 0.15) is 50.3 Å². The summed E-state index contributed by atoms with van der Waals surface area (Å²) in [6, 6.07) is 13.2. The molecule has 188 valence electrons. The molecule has 0 saturated carbocycles. The van der Waals surface area contributed by atoms with E-state index in [1.807, 2.05) is 0 Å². The molecule has 5 rings (SSSR count). The van der Waals surface area contributed by atoms with Crippen molar-refractivity contribution in [2.45, 2.75) is 57.8 Å². The Morgan fingerprint density at radius 1 is 1.00 bits per heavy atom. The van der Waals surface area contributed by atoms with Crippen LogP contribution in [0.3, 0.4) is 0 Å². The summed E-state index contributed by atoms with van der Waals surface area (Å²) < 4.78 is 30.6. The molecule has 0 spiro atoms. The van der Waals surface area contributed by atoms with Gasteiger partial charge in [-0.2, -0.15) is 0 Å². The van der Waals surface area contributed by atoms with Gasteiger partial charge in [0, 0.05) is 43.5 Å². The fourth-order valence-electron chi connectivity index (χ4n) is 5.50. The first-order valence-corrected chi connectivity index (χ1v) is 12.9. The van der Waals surface area contributed by atoms with Gasteiger partial charge in [-0.25, -0.2) is 4.39 Å². The Labute approximate surface area is 207 Å². The number of piperidine rings is 1. The average Bonchev–Trinajstić information content (AvgIpc) is 3.25. The van der Waals surface area contributed by atoms with Crippen molar-refractivity contribution in [3.05, 3.63) is 59.5 Å². The van der Waals surface area contributed by atoms with Crippen LogP contribution in [-0.4, -0.2) is 66.5 Å². The largest absolute Gasteiger partial charge is 0.494 e. The lowest BCUT2D eigenvalue weighted by atomic mass is 9.91. The van der Waals surface area contributed by atoms with Crippen molar-refractivity contribution >= 4 is 11.0 Å². The third-order valence-electron chi connectivity index (χ3n) is 7.15. The van der Waals surface area contributed by atoms with Crippen molar-refractivity contribution in [3.63, 3.8) is 0 Å². The molecule has 3 heterocycles. The van der Waals surface area contributed by atoms with Gasteiger partial charge in [0.1, 0.15) is 11.6 Å². The first-order chi connectivity index (χ1) is 17.0. The number of morpholine rings is 1. The Bertz CT molecular complexity index is 1080. The van der Waals surface area contributed by atoms with Gasteiger partial charge in [0.15, 0.2) is 5.58 Å². The molecule has 35 heavy (non-hydrogen) atoms. The van der Waals surface area contributed by atoms with Crippen LogP contribution in [0, 0.1) is 5.82 Å². The molecular weight excluding hydrogens is 445 g/mol. The van der Waals surface area contributed by atoms with Crippen LogP contribution in [0.4, 0.5) is 4.39 Å². The second-order valence-corrected chi connectivity index (χ2v) is 10.1. The number of ether oxygens (including phenoxy) is 2. The van der Waals surface area contributed by atoms with Crippen LogP contribution < -0.4 is 4.74 Å². The van der Waals surface area contributed by atoms with Gasteiger partial charge in [0.25, 0.3) is 0 Å². The van der Waals surface area contributed by atoms with E-state index in [4.69, 9.17) is 14.0 Å². The van der Waals surface area contributed by atoms with Crippen molar-refractivity contribution < 1.29 is 18.4 Å². The molecule has 0 N–H and O–H groups in total. The van der Waals surface area contributed by atoms with E-state index in [9.17, 15) is 4.39 Å². The zero-order valence-electron chi connectivity index (χ0n) is 20.8. The fraction of sp³-hybridized carbons (Fsp3) is 0.536. The molecule has 3 aromatic rings. The lowest BCUT2D eigenvalue weighted by Gasteiger charge is -2.35. The highest BCUT2D eigenvalue weighted by atomic mass is 19.1. The summed E-state index contributed by atoms with van der Waals surface area (Å²) in [6.45, 7) is 11.0. The summed E-state index contributed by atoms with van der Waals surface area (Å²) in [6.07, 6.45) is 3.67. The molecule has 1 aromatic heterocycles. The molecule has 2 unspecified atom stereocenters. The van der Waals surface area contributed by atoms with Crippen LogP contribution in [-0.2, 0) is 11.3 Å². The summed E-state index contributed by atoms with van der Waals surface area (Å²) in [4.78, 5) is 4.96. The maximum atomic E-state index is 13.4. The third-order valence-corrected chi connectivity index (χ3v) is 7.15. The predicted molar refractivity (Wildman–Crippen MR) is 134 cm³/mol. The van der Waals surface area contributed by atoms with E-state index in [2.05, 4.69) is 53.1 Å². The number of halogens is 1. The van der Waals surface area contributed by atoms with E-state index in [1.54, 1.807) is 6.07 Å². The Morgan fingerprint density at radius 2 is 1.74 bits per heavy atom. The van der Waals surface area contributed by atoms with Gasteiger partial charge < -0.3 is 18.9 Å². The summed E-state index contributed by atoms with van der Waals surface area (Å²) in [7, 11) is 0. The minimum absolute atomic E-state index is 0.287. The molecule has 6 nitrogen and oxygen atoms in total. The first kappa shape index (κ1) is 24.2. The van der Waals surface area contributed by atoms with Gasteiger partial charge in [0.2, 0.25) is 0 Å². The molecule has 7 heteroatoms. The van der Waals surface area contributed by atoms with Gasteiger partial charge in [0.05, 0.1) is 24.5 Å². The van der Waals surface area contributed by atoms with E-state index in [-0.39, 0.29) is 5.82 Å². The zero-order valence-corrected chi connectivity index (χ0v) is 20.8. The van der Waals surface area contributed by atoms with Gasteiger partial charge in [-0.05, 0) is 76.0 Å². The maximum absolute atomic E-state index is 13.4. The van der Waals surface area contributed by atoms with Gasteiger partial charge in [-0.15, -0.1) is 0 Å². The number of fused-ring (bicyclic) bond motifs is 1. The molecule has 2 aromatic carbocycles. The molecule has 0 radical (unpaired) electrons. The fourth-order valence-corrected chi connectivity index (χ4v) is 5.50. The van der Waals surface area contributed by atoms with Crippen molar-refractivity contribution in [1.82, 2.24) is 15.0 Å². The van der Waals surface area contributed by atoms with Gasteiger partial charge >= 0.3 is 0 Å². The number of likely N-dealkylation sites (tertiary alicyclic amines) is 1. The molecule has 2 atom stereocenters. The monoisotopic (exact) mass is 481 g/mol. The normalized spacial score (nSPS) is 22.6. The van der Waals surface area contributed by atoms with E-state index in [0.29, 0.717) is 23.7 Å². The highest BCUT2D eigenvalue weighted by Crippen LogP contribution is 2.32. The van der Waals surface area contributed by atoms with Crippen molar-refractivity contribution in [2.24, 2.45) is 0 Å². The Kier molecular flexibility index (Phi) is 7.66. The lowest BCUT2D eigenvalue weighted by Crippen LogP contribution is -2.44. The predicted octanol–water partition coefficient (Wildman–Crippen LogP) is 5.22. The Balaban J connectivity index is 1.01. The van der Waals surface area contributed by atoms with Crippen LogP contribution in [0.5, 0.6) is 5.75 Å². The van der Waals surface area contributed by atoms with Crippen molar-refractivity contribution in [3.8, 4) is 5.75 Å². The molecule has 0 bridgehead atoms. The van der Waals surface area contributed by atoms with Crippen LogP contribution >= 0.6 is 0 Å². The number of nitrogens with zero attached hydrogens (tertiary/aromatic N) is 3. The topological polar surface area (TPSA) is 51.0 Å². The third kappa shape index (κ3) is 6.21. The van der Waals surface area contributed by atoms with E-state index in [0.717, 1.165) is 82.0 Å². The number of rotatable bonds is 8. The minimum Gasteiger partial charge on any atom is -0.494 e. The van der Waals surface area contributed by atoms with Crippen LogP contribution in [0.15, 0.2) is 47.0 Å². The lowest BCUT2D eigenvalue weighted by molar-refractivity contribution is -0.0704. The van der Waals surface area contributed by atoms with Gasteiger partial charge in [-0.1, -0.05) is 17.3 Å². The summed E-state index contributed by atoms with van der Waals surface area (Å²) in [5.41, 5.74) is 2.83. The molecular formula is C28H36FN3O3. The first-order valence-electron chi connectivity index (χ1n) is 12.9. The minimum atomic E-state index is -0.287. The summed E-state index contributed by atoms with van der Waals surface area (Å²) >= 11 is 0. The number of benzene rings is 2. The smallest absolute Gasteiger partial charge is 0.170 e. The second-order valence-electron chi connectivity index (χ2n) is 10.1. The van der Waals surface area contributed by atoms with E-state index in [1.165, 1.54) is 17.7 Å². The standard InChI is InChI=1S/C28H36FN3O3/c1-20-17-32(18-21(2)34-20)19-22-4-7-25(8-5-22)33-15-3-12-31-13-10-23(11-14-31)28-26-9-6-24(29)16-27(26)35-30-28/h4-9,16,20-21,23H,3,10-15,17-19H2,1-2H3. The maximum Gasteiger partial charge on any atom is 0.170 e. The summed E-state index contributed by atoms with van der Waals surface area (Å²) in [5, 5.41) is 5.19. The average molecular weight is 482 g/mol. The van der Waals surface area contributed by atoms with Gasteiger partial charge in [-0.3, -0.25) is 4.90 Å². The van der Waals surface area contributed by atoms with E-state index < -0.39 is 0 Å². The Morgan fingerprint density at radius 3 is 2.49 bits per heavy atom. The van der Waals surface area contributed by atoms with Crippen molar-refractivity contribution in [1.29, 1.82) is 0 Å². The molecule has 2 fully saturated rings. The second kappa shape index (κ2) is 11.1. The summed E-state index contributed by atoms with van der Waals surface area (Å²) in [5.74, 6) is 1.02. The molecule has 2 aliphatic heterocycles. The SMILES string of the molecule is CC1CN(Cc2ccc(OCCCN3CCC(c4noc5cc(F)ccc45)CC3)cc2)CC(C)O1. The molecule has 2 saturated heterocycles. The number of aromatic nitrogens is 1. The van der Waals surface area contributed by atoms with Crippen LogP contribution in [0.25, 0.3) is 11.0 Å². The van der Waals surface area contributed by atoms with Crippen LogP contribution in [0.2, 0.25) is 0 Å². The Hall–Kier alpha value is -2.48. The number of hydrogen-bond donors (Lipinski definition) is 0. The van der Waals surface area contributed by atoms with Crippen molar-refractivity contribution in [2.75, 3.05) is 39.3 Å². The highest BCUT2D eigenvalue weighted by Gasteiger charge is 2.25. The highest BCUT2D eigenvalue weighted by molar-refractivity contribution is 5.79. The molecule has 0 aliphatic carbocycles. The van der Waals surface area contributed by atoms with E-state index >= 15 is 0 Å². The zero-order chi connectivity index (χ0) is 24.2. The molecule has 2 aliphatic rings. The quantitative estimate of drug-likeness (QED) is 0.411.